The lowest BCUT2D eigenvalue weighted by Gasteiger charge is -2.09. The van der Waals surface area contributed by atoms with Gasteiger partial charge in [-0.05, 0) is 36.2 Å². The van der Waals surface area contributed by atoms with E-state index in [9.17, 15) is 4.39 Å². The average Bonchev–Trinajstić information content (AvgIpc) is 2.46. The Labute approximate surface area is 117 Å². The number of benzene rings is 2. The Hall–Kier alpha value is -2.31. The second-order valence-corrected chi connectivity index (χ2v) is 4.36. The Kier molecular flexibility index (Phi) is 4.75. The summed E-state index contributed by atoms with van der Waals surface area (Å²) in [5, 5.41) is 8.67. The molecule has 0 saturated heterocycles. The Balaban J connectivity index is 2.09. The number of rotatable bonds is 3. The van der Waals surface area contributed by atoms with Gasteiger partial charge in [-0.25, -0.2) is 4.39 Å². The van der Waals surface area contributed by atoms with Gasteiger partial charge >= 0.3 is 0 Å². The van der Waals surface area contributed by atoms with Gasteiger partial charge in [-0.1, -0.05) is 30.0 Å². The van der Waals surface area contributed by atoms with Crippen molar-refractivity contribution in [2.75, 3.05) is 6.61 Å². The molecule has 3 heteroatoms. The van der Waals surface area contributed by atoms with Crippen LogP contribution in [0.1, 0.15) is 16.7 Å². The maximum Gasteiger partial charge on any atom is 0.126 e. The molecule has 0 aromatic heterocycles. The second kappa shape index (κ2) is 6.74. The fourth-order valence-electron chi connectivity index (χ4n) is 1.77. The summed E-state index contributed by atoms with van der Waals surface area (Å²) < 4.78 is 18.8. The lowest BCUT2D eigenvalue weighted by atomic mass is 10.1. The normalized spacial score (nSPS) is 9.75. The third-order valence-electron chi connectivity index (χ3n) is 2.78. The second-order valence-electron chi connectivity index (χ2n) is 4.36. The van der Waals surface area contributed by atoms with Gasteiger partial charge in [0.05, 0.1) is 0 Å². The minimum absolute atomic E-state index is 0.163. The van der Waals surface area contributed by atoms with E-state index >= 15 is 0 Å². The molecule has 0 aliphatic rings. The van der Waals surface area contributed by atoms with Gasteiger partial charge < -0.3 is 9.84 Å². The van der Waals surface area contributed by atoms with Gasteiger partial charge in [-0.3, -0.25) is 0 Å². The summed E-state index contributed by atoms with van der Waals surface area (Å²) in [4.78, 5) is 0. The van der Waals surface area contributed by atoms with Crippen LogP contribution in [-0.2, 0) is 6.61 Å². The fourth-order valence-corrected chi connectivity index (χ4v) is 1.77. The minimum Gasteiger partial charge on any atom is -0.489 e. The van der Waals surface area contributed by atoms with Crippen LogP contribution >= 0.6 is 0 Å². The number of hydrogen-bond donors (Lipinski definition) is 1. The Morgan fingerprint density at radius 2 is 2.05 bits per heavy atom. The molecule has 2 rings (SSSR count). The van der Waals surface area contributed by atoms with Gasteiger partial charge in [0.1, 0.15) is 24.8 Å². The molecule has 2 nitrogen and oxygen atoms in total. The fraction of sp³-hybridized carbons (Fsp3) is 0.176. The van der Waals surface area contributed by atoms with E-state index in [0.717, 1.165) is 16.7 Å². The molecule has 1 N–H and O–H groups in total. The van der Waals surface area contributed by atoms with Crippen molar-refractivity contribution in [3.8, 4) is 17.6 Å². The number of hydrogen-bond acceptors (Lipinski definition) is 2. The summed E-state index contributed by atoms with van der Waals surface area (Å²) in [5.41, 5.74) is 2.65. The zero-order valence-electron chi connectivity index (χ0n) is 11.2. The largest absolute Gasteiger partial charge is 0.489 e. The van der Waals surface area contributed by atoms with E-state index in [1.165, 1.54) is 12.1 Å². The predicted molar refractivity (Wildman–Crippen MR) is 75.9 cm³/mol. The van der Waals surface area contributed by atoms with Crippen LogP contribution in [0.5, 0.6) is 5.75 Å². The van der Waals surface area contributed by atoms with Crippen molar-refractivity contribution in [1.29, 1.82) is 0 Å². The lowest BCUT2D eigenvalue weighted by Crippen LogP contribution is -1.98. The number of aliphatic hydroxyl groups excluding tert-OH is 1. The van der Waals surface area contributed by atoms with Crippen LogP contribution in [0.15, 0.2) is 42.5 Å². The molecule has 20 heavy (non-hydrogen) atoms. The van der Waals surface area contributed by atoms with Crippen molar-refractivity contribution < 1.29 is 14.2 Å². The minimum atomic E-state index is -0.312. The molecule has 0 fully saturated rings. The molecule has 0 aliphatic heterocycles. The molecule has 0 spiro atoms. The van der Waals surface area contributed by atoms with Crippen molar-refractivity contribution in [1.82, 2.24) is 0 Å². The molecule has 0 radical (unpaired) electrons. The van der Waals surface area contributed by atoms with Crippen molar-refractivity contribution in [2.24, 2.45) is 0 Å². The van der Waals surface area contributed by atoms with Crippen molar-refractivity contribution in [2.45, 2.75) is 13.5 Å². The van der Waals surface area contributed by atoms with E-state index in [1.807, 2.05) is 31.2 Å². The number of aryl methyl sites for hydroxylation is 1. The van der Waals surface area contributed by atoms with E-state index in [4.69, 9.17) is 9.84 Å². The number of ether oxygens (including phenoxy) is 1. The summed E-state index contributed by atoms with van der Waals surface area (Å²) in [6.45, 7) is 2.06. The molecule has 0 bridgehead atoms. The first-order valence-electron chi connectivity index (χ1n) is 6.26. The third kappa shape index (κ3) is 3.84. The van der Waals surface area contributed by atoms with Crippen molar-refractivity contribution in [3.63, 3.8) is 0 Å². The summed E-state index contributed by atoms with van der Waals surface area (Å²) in [6, 6.07) is 12.0. The van der Waals surface area contributed by atoms with Crippen LogP contribution in [0.3, 0.4) is 0 Å². The topological polar surface area (TPSA) is 29.5 Å². The zero-order chi connectivity index (χ0) is 14.4. The first kappa shape index (κ1) is 14.1. The lowest BCUT2D eigenvalue weighted by molar-refractivity contribution is 0.302. The smallest absolute Gasteiger partial charge is 0.126 e. The standard InChI is InChI=1S/C17H15FO2/c1-13-7-8-16(18)11-17(13)20-12-15-5-2-4-14(10-15)6-3-9-19/h2,4-5,7-8,10-11,19H,9,12H2,1H3. The van der Waals surface area contributed by atoms with E-state index < -0.39 is 0 Å². The Morgan fingerprint density at radius 1 is 1.20 bits per heavy atom. The van der Waals surface area contributed by atoms with Gasteiger partial charge in [0.15, 0.2) is 0 Å². The molecule has 0 heterocycles. The molecule has 0 saturated carbocycles. The summed E-state index contributed by atoms with van der Waals surface area (Å²) in [5.74, 6) is 5.66. The van der Waals surface area contributed by atoms with Crippen molar-refractivity contribution in [3.05, 3.63) is 65.0 Å². The highest BCUT2D eigenvalue weighted by Crippen LogP contribution is 2.20. The molecule has 2 aromatic carbocycles. The van der Waals surface area contributed by atoms with E-state index in [1.54, 1.807) is 6.07 Å². The molecule has 0 unspecified atom stereocenters. The summed E-state index contributed by atoms with van der Waals surface area (Å²) >= 11 is 0. The molecule has 0 aliphatic carbocycles. The third-order valence-corrected chi connectivity index (χ3v) is 2.78. The highest BCUT2D eigenvalue weighted by Gasteiger charge is 2.02. The van der Waals surface area contributed by atoms with Gasteiger partial charge in [-0.2, -0.15) is 0 Å². The van der Waals surface area contributed by atoms with Gasteiger partial charge in [0.25, 0.3) is 0 Å². The van der Waals surface area contributed by atoms with Crippen LogP contribution in [0, 0.1) is 24.6 Å². The highest BCUT2D eigenvalue weighted by molar-refractivity contribution is 5.37. The SMILES string of the molecule is Cc1ccc(F)cc1OCc1cccc(C#CCO)c1. The number of aliphatic hydroxyl groups is 1. The summed E-state index contributed by atoms with van der Waals surface area (Å²) in [6.07, 6.45) is 0. The molecule has 0 atom stereocenters. The molecule has 2 aromatic rings. The molecular weight excluding hydrogens is 255 g/mol. The van der Waals surface area contributed by atoms with E-state index in [0.29, 0.717) is 12.4 Å². The molecule has 0 amide bonds. The van der Waals surface area contributed by atoms with Gasteiger partial charge in [0.2, 0.25) is 0 Å². The molecule has 102 valence electrons. The Morgan fingerprint density at radius 3 is 2.85 bits per heavy atom. The van der Waals surface area contributed by atoms with Gasteiger partial charge in [0, 0.05) is 11.6 Å². The van der Waals surface area contributed by atoms with E-state index in [-0.39, 0.29) is 12.4 Å². The van der Waals surface area contributed by atoms with Crippen LogP contribution in [0.2, 0.25) is 0 Å². The first-order chi connectivity index (χ1) is 9.69. The number of halogens is 1. The van der Waals surface area contributed by atoms with Crippen LogP contribution in [0.25, 0.3) is 0 Å². The van der Waals surface area contributed by atoms with Crippen LogP contribution < -0.4 is 4.74 Å². The Bertz CT molecular complexity index is 654. The maximum absolute atomic E-state index is 13.2. The first-order valence-corrected chi connectivity index (χ1v) is 6.26. The van der Waals surface area contributed by atoms with E-state index in [2.05, 4.69) is 11.8 Å². The van der Waals surface area contributed by atoms with Gasteiger partial charge in [-0.15, -0.1) is 0 Å². The monoisotopic (exact) mass is 270 g/mol. The zero-order valence-corrected chi connectivity index (χ0v) is 11.2. The van der Waals surface area contributed by atoms with Crippen LogP contribution in [0.4, 0.5) is 4.39 Å². The maximum atomic E-state index is 13.2. The average molecular weight is 270 g/mol. The quantitative estimate of drug-likeness (QED) is 0.869. The van der Waals surface area contributed by atoms with Crippen molar-refractivity contribution >= 4 is 0 Å². The van der Waals surface area contributed by atoms with Crippen LogP contribution in [-0.4, -0.2) is 11.7 Å². The predicted octanol–water partition coefficient (Wildman–Crippen LogP) is 3.06. The summed E-state index contributed by atoms with van der Waals surface area (Å²) in [7, 11) is 0. The molecular formula is C17H15FO2. The highest BCUT2D eigenvalue weighted by atomic mass is 19.1.